The second-order valence-corrected chi connectivity index (χ2v) is 8.87. The number of carbonyl (C=O) groups is 1. The topological polar surface area (TPSA) is 71.0 Å². The lowest BCUT2D eigenvalue weighted by atomic mass is 10.1. The van der Waals surface area contributed by atoms with Gasteiger partial charge in [0.1, 0.15) is 11.5 Å². The Morgan fingerprint density at radius 3 is 2.66 bits per heavy atom. The number of aryl methyl sites for hydroxylation is 1. The maximum absolute atomic E-state index is 13.5. The van der Waals surface area contributed by atoms with Crippen LogP contribution in [0.5, 0.6) is 0 Å². The first kappa shape index (κ1) is 20.4. The maximum Gasteiger partial charge on any atom is 0.274 e. The molecule has 0 aliphatic carbocycles. The summed E-state index contributed by atoms with van der Waals surface area (Å²) in [4.78, 5) is 28.9. The molecule has 0 bridgehead atoms. The predicted octanol–water partition coefficient (Wildman–Crippen LogP) is 4.67. The van der Waals surface area contributed by atoms with Gasteiger partial charge in [0.15, 0.2) is 11.6 Å². The summed E-state index contributed by atoms with van der Waals surface area (Å²) in [5.74, 6) is -1.56. The third-order valence-electron chi connectivity index (χ3n) is 5.38. The van der Waals surface area contributed by atoms with Crippen LogP contribution in [-0.2, 0) is 0 Å². The quantitative estimate of drug-likeness (QED) is 0.488. The highest BCUT2D eigenvalue weighted by atomic mass is 32.1. The number of thiazole rings is 1. The first-order valence-electron chi connectivity index (χ1n) is 10.2. The Kier molecular flexibility index (Phi) is 5.26. The van der Waals surface area contributed by atoms with Gasteiger partial charge in [-0.1, -0.05) is 30.3 Å². The second kappa shape index (κ2) is 8.23. The van der Waals surface area contributed by atoms with E-state index in [9.17, 15) is 13.6 Å². The van der Waals surface area contributed by atoms with Gasteiger partial charge in [-0.15, -0.1) is 11.3 Å². The number of anilines is 1. The summed E-state index contributed by atoms with van der Waals surface area (Å²) in [6, 6.07) is 11.8. The molecule has 1 amide bonds. The molecule has 6 nitrogen and oxygen atoms in total. The summed E-state index contributed by atoms with van der Waals surface area (Å²) in [7, 11) is 0. The molecule has 0 saturated carbocycles. The first-order chi connectivity index (χ1) is 15.5. The van der Waals surface area contributed by atoms with Gasteiger partial charge in [0.2, 0.25) is 0 Å². The molecule has 1 N–H and O–H groups in total. The number of aromatic nitrogens is 3. The molecule has 32 heavy (non-hydrogen) atoms. The molecule has 4 aromatic rings. The molecule has 1 fully saturated rings. The van der Waals surface area contributed by atoms with E-state index < -0.39 is 11.6 Å². The fraction of sp³-hybridized carbons (Fsp3) is 0.217. The lowest BCUT2D eigenvalue weighted by molar-refractivity contribution is 0.0787. The monoisotopic (exact) mass is 451 g/mol. The van der Waals surface area contributed by atoms with Crippen molar-refractivity contribution >= 4 is 34.1 Å². The van der Waals surface area contributed by atoms with Crippen molar-refractivity contribution in [2.24, 2.45) is 0 Å². The molecule has 0 spiro atoms. The first-order valence-corrected chi connectivity index (χ1v) is 11.0. The van der Waals surface area contributed by atoms with Crippen molar-refractivity contribution in [2.45, 2.75) is 19.4 Å². The fourth-order valence-corrected chi connectivity index (χ4v) is 4.77. The van der Waals surface area contributed by atoms with Gasteiger partial charge >= 0.3 is 0 Å². The molecule has 2 aromatic heterocycles. The lowest BCUT2D eigenvalue weighted by Gasteiger charge is -2.17. The number of nitrogens with one attached hydrogen (secondary N) is 1. The van der Waals surface area contributed by atoms with Gasteiger partial charge < -0.3 is 10.2 Å². The third-order valence-corrected chi connectivity index (χ3v) is 6.40. The van der Waals surface area contributed by atoms with Gasteiger partial charge in [-0.25, -0.2) is 18.7 Å². The van der Waals surface area contributed by atoms with Gasteiger partial charge in [-0.3, -0.25) is 9.78 Å². The van der Waals surface area contributed by atoms with Crippen LogP contribution in [0.25, 0.3) is 21.5 Å². The summed E-state index contributed by atoms with van der Waals surface area (Å²) in [6.07, 6.45) is 2.22. The van der Waals surface area contributed by atoms with Crippen molar-refractivity contribution in [3.05, 3.63) is 71.0 Å². The highest BCUT2D eigenvalue weighted by Crippen LogP contribution is 2.31. The predicted molar refractivity (Wildman–Crippen MR) is 120 cm³/mol. The number of hydrogen-bond acceptors (Lipinski definition) is 6. The number of amides is 1. The molecule has 5 rings (SSSR count). The van der Waals surface area contributed by atoms with Crippen LogP contribution < -0.4 is 5.32 Å². The molecule has 2 aromatic carbocycles. The van der Waals surface area contributed by atoms with E-state index in [-0.39, 0.29) is 23.0 Å². The van der Waals surface area contributed by atoms with Crippen LogP contribution in [0.3, 0.4) is 0 Å². The van der Waals surface area contributed by atoms with Crippen LogP contribution in [0.15, 0.2) is 48.7 Å². The molecule has 9 heteroatoms. The number of halogens is 2. The summed E-state index contributed by atoms with van der Waals surface area (Å²) in [5.41, 5.74) is 2.00. The average Bonchev–Trinajstić information content (AvgIpc) is 3.41. The van der Waals surface area contributed by atoms with E-state index in [1.807, 2.05) is 37.3 Å². The number of benzene rings is 2. The molecular weight excluding hydrogens is 432 g/mol. The Bertz CT molecular complexity index is 1310. The van der Waals surface area contributed by atoms with Crippen molar-refractivity contribution in [3.8, 4) is 10.4 Å². The number of hydrogen-bond donors (Lipinski definition) is 1. The van der Waals surface area contributed by atoms with E-state index in [4.69, 9.17) is 0 Å². The van der Waals surface area contributed by atoms with Crippen LogP contribution in [0.4, 0.5) is 14.6 Å². The van der Waals surface area contributed by atoms with E-state index in [2.05, 4.69) is 20.3 Å². The van der Waals surface area contributed by atoms with Gasteiger partial charge in [0.25, 0.3) is 5.91 Å². The summed E-state index contributed by atoms with van der Waals surface area (Å²) in [5, 5.41) is 4.10. The zero-order valence-corrected chi connectivity index (χ0v) is 18.0. The summed E-state index contributed by atoms with van der Waals surface area (Å²) in [6.45, 7) is 2.97. The number of fused-ring (bicyclic) bond motifs is 1. The molecular formula is C23H19F2N5OS. The Balaban J connectivity index is 1.32. The van der Waals surface area contributed by atoms with Crippen molar-refractivity contribution in [2.75, 3.05) is 18.4 Å². The molecule has 0 unspecified atom stereocenters. The zero-order valence-electron chi connectivity index (χ0n) is 17.2. The molecule has 1 saturated heterocycles. The number of likely N-dealkylation sites (tertiary alicyclic amines) is 1. The Labute approximate surface area is 187 Å². The molecule has 3 heterocycles. The molecule has 1 aliphatic heterocycles. The Morgan fingerprint density at radius 1 is 1.12 bits per heavy atom. The van der Waals surface area contributed by atoms with Gasteiger partial charge in [-0.2, -0.15) is 0 Å². The van der Waals surface area contributed by atoms with E-state index >= 15 is 0 Å². The van der Waals surface area contributed by atoms with Gasteiger partial charge in [-0.05, 0) is 18.9 Å². The molecule has 0 radical (unpaired) electrons. The minimum Gasteiger partial charge on any atom is -0.364 e. The van der Waals surface area contributed by atoms with E-state index in [0.717, 1.165) is 34.0 Å². The van der Waals surface area contributed by atoms with Crippen LogP contribution in [-0.4, -0.2) is 44.9 Å². The minimum atomic E-state index is -0.964. The second-order valence-electron chi connectivity index (χ2n) is 7.67. The average molecular weight is 452 g/mol. The van der Waals surface area contributed by atoms with Crippen molar-refractivity contribution in [1.29, 1.82) is 0 Å². The molecule has 1 atom stereocenters. The van der Waals surface area contributed by atoms with Crippen molar-refractivity contribution in [3.63, 3.8) is 0 Å². The SMILES string of the molecule is Cc1nc(C(=O)N2CC[C@@H](Nc3cnc4cc(F)c(F)cc4n3)C2)c(-c2ccccc2)s1. The molecule has 162 valence electrons. The number of rotatable bonds is 4. The van der Waals surface area contributed by atoms with E-state index in [0.29, 0.717) is 24.6 Å². The highest BCUT2D eigenvalue weighted by Gasteiger charge is 2.30. The van der Waals surface area contributed by atoms with Gasteiger partial charge in [0.05, 0.1) is 27.1 Å². The number of carbonyl (C=O) groups excluding carboxylic acids is 1. The van der Waals surface area contributed by atoms with Gasteiger partial charge in [0, 0.05) is 31.3 Å². The Hall–Kier alpha value is -3.46. The van der Waals surface area contributed by atoms with Crippen LogP contribution in [0.1, 0.15) is 21.9 Å². The smallest absolute Gasteiger partial charge is 0.274 e. The summed E-state index contributed by atoms with van der Waals surface area (Å²) >= 11 is 1.51. The van der Waals surface area contributed by atoms with Crippen molar-refractivity contribution < 1.29 is 13.6 Å². The third kappa shape index (κ3) is 3.91. The number of nitrogens with zero attached hydrogens (tertiary/aromatic N) is 4. The maximum atomic E-state index is 13.5. The van der Waals surface area contributed by atoms with Crippen LogP contribution >= 0.6 is 11.3 Å². The van der Waals surface area contributed by atoms with E-state index in [1.54, 1.807) is 4.90 Å². The van der Waals surface area contributed by atoms with Crippen molar-refractivity contribution in [1.82, 2.24) is 19.9 Å². The van der Waals surface area contributed by atoms with Crippen LogP contribution in [0, 0.1) is 18.6 Å². The van der Waals surface area contributed by atoms with E-state index in [1.165, 1.54) is 17.5 Å². The minimum absolute atomic E-state index is 0.0316. The largest absolute Gasteiger partial charge is 0.364 e. The summed E-state index contributed by atoms with van der Waals surface area (Å²) < 4.78 is 26.9. The fourth-order valence-electron chi connectivity index (χ4n) is 3.86. The highest BCUT2D eigenvalue weighted by molar-refractivity contribution is 7.15. The Morgan fingerprint density at radius 2 is 1.88 bits per heavy atom. The lowest BCUT2D eigenvalue weighted by Crippen LogP contribution is -2.32. The molecule has 1 aliphatic rings. The van der Waals surface area contributed by atoms with Crippen LogP contribution in [0.2, 0.25) is 0 Å². The normalized spacial score (nSPS) is 16.0. The standard InChI is InChI=1S/C23H19F2N5OS/c1-13-27-21(22(32-13)14-5-3-2-4-6-14)23(31)30-8-7-15(12-30)28-20-11-26-18-9-16(24)17(25)10-19(18)29-20/h2-6,9-11,15H,7-8,12H2,1H3,(H,28,29)/t15-/m1/s1. The zero-order chi connectivity index (χ0) is 22.2.